The Morgan fingerprint density at radius 1 is 1.33 bits per heavy atom. The van der Waals surface area contributed by atoms with Crippen molar-refractivity contribution >= 4 is 16.9 Å². The molecule has 1 atom stereocenters. The molecule has 0 bridgehead atoms. The molecule has 9 heteroatoms. The number of fused-ring (bicyclic) bond motifs is 1. The monoisotopic (exact) mass is 384 g/mol. The third kappa shape index (κ3) is 4.59. The van der Waals surface area contributed by atoms with Crippen molar-refractivity contribution in [1.82, 2.24) is 20.2 Å². The van der Waals surface area contributed by atoms with Crippen molar-refractivity contribution in [2.45, 2.75) is 26.1 Å². The quantitative estimate of drug-likeness (QED) is 0.832. The number of halogens is 3. The smallest absolute Gasteiger partial charge is 0.379 e. The minimum absolute atomic E-state index is 0.172. The summed E-state index contributed by atoms with van der Waals surface area (Å²) in [7, 11) is 0. The van der Waals surface area contributed by atoms with Crippen LogP contribution >= 0.6 is 0 Å². The molecule has 0 saturated carbocycles. The molecule has 148 valence electrons. The zero-order valence-corrected chi connectivity index (χ0v) is 15.3. The number of rotatable bonds is 5. The summed E-state index contributed by atoms with van der Waals surface area (Å²) < 4.78 is 43.7. The van der Waals surface area contributed by atoms with Crippen molar-refractivity contribution in [2.75, 3.05) is 32.8 Å². The molecular formula is C18H23F3N4O2. The molecular weight excluding hydrogens is 361 g/mol. The fourth-order valence-corrected chi connectivity index (χ4v) is 3.28. The highest BCUT2D eigenvalue weighted by atomic mass is 19.4. The van der Waals surface area contributed by atoms with Gasteiger partial charge in [-0.1, -0.05) is 13.8 Å². The van der Waals surface area contributed by atoms with Crippen LogP contribution in [0.4, 0.5) is 13.2 Å². The molecule has 0 spiro atoms. The molecule has 2 aromatic rings. The molecule has 0 radical (unpaired) electrons. The van der Waals surface area contributed by atoms with E-state index in [-0.39, 0.29) is 23.0 Å². The lowest BCUT2D eigenvalue weighted by atomic mass is 10.0. The summed E-state index contributed by atoms with van der Waals surface area (Å²) in [4.78, 5) is 20.5. The first-order chi connectivity index (χ1) is 12.8. The number of carbonyl (C=O) groups excluding carboxylic acids is 1. The van der Waals surface area contributed by atoms with Crippen molar-refractivity contribution in [3.63, 3.8) is 0 Å². The van der Waals surface area contributed by atoms with E-state index >= 15 is 0 Å². The van der Waals surface area contributed by atoms with E-state index in [0.29, 0.717) is 31.2 Å². The zero-order valence-electron chi connectivity index (χ0n) is 15.3. The van der Waals surface area contributed by atoms with E-state index in [1.165, 1.54) is 18.2 Å². The molecule has 1 aromatic carbocycles. The Labute approximate surface area is 155 Å². The number of aromatic amines is 1. The van der Waals surface area contributed by atoms with Crippen LogP contribution in [0.15, 0.2) is 18.2 Å². The second-order valence-electron chi connectivity index (χ2n) is 6.98. The Balaban J connectivity index is 1.69. The number of imidazole rings is 1. The van der Waals surface area contributed by atoms with E-state index < -0.39 is 12.0 Å². The molecule has 0 aliphatic carbocycles. The predicted molar refractivity (Wildman–Crippen MR) is 94.4 cm³/mol. The van der Waals surface area contributed by atoms with Crippen LogP contribution in [0, 0.1) is 5.92 Å². The highest BCUT2D eigenvalue weighted by Gasteiger charge is 2.34. The van der Waals surface area contributed by atoms with Gasteiger partial charge in [0, 0.05) is 31.2 Å². The summed E-state index contributed by atoms with van der Waals surface area (Å²) in [5.74, 6) is -1.05. The number of ether oxygens (including phenoxy) is 1. The van der Waals surface area contributed by atoms with Gasteiger partial charge in [0.2, 0.25) is 5.82 Å². The van der Waals surface area contributed by atoms with E-state index in [1.54, 1.807) is 0 Å². The molecule has 1 amide bonds. The van der Waals surface area contributed by atoms with Gasteiger partial charge in [0.05, 0.1) is 24.2 Å². The molecule has 2 heterocycles. The Bertz CT molecular complexity index is 797. The largest absolute Gasteiger partial charge is 0.449 e. The molecule has 0 unspecified atom stereocenters. The van der Waals surface area contributed by atoms with Crippen LogP contribution < -0.4 is 5.32 Å². The minimum Gasteiger partial charge on any atom is -0.379 e. The molecule has 1 aliphatic rings. The number of benzene rings is 1. The summed E-state index contributed by atoms with van der Waals surface area (Å²) in [6.45, 7) is 7.65. The van der Waals surface area contributed by atoms with Crippen LogP contribution in [-0.4, -0.2) is 59.7 Å². The minimum atomic E-state index is -4.55. The van der Waals surface area contributed by atoms with Gasteiger partial charge in [-0.05, 0) is 24.1 Å². The van der Waals surface area contributed by atoms with E-state index in [2.05, 4.69) is 34.0 Å². The Hall–Kier alpha value is -2.13. The lowest BCUT2D eigenvalue weighted by molar-refractivity contribution is -0.144. The van der Waals surface area contributed by atoms with Crippen LogP contribution in [0.3, 0.4) is 0 Å². The number of nitrogens with one attached hydrogen (secondary N) is 2. The molecule has 1 aromatic heterocycles. The number of aromatic nitrogens is 2. The van der Waals surface area contributed by atoms with Crippen LogP contribution in [-0.2, 0) is 10.9 Å². The summed E-state index contributed by atoms with van der Waals surface area (Å²) >= 11 is 0. The van der Waals surface area contributed by atoms with Gasteiger partial charge in [-0.3, -0.25) is 9.69 Å². The van der Waals surface area contributed by atoms with Crippen LogP contribution in [0.2, 0.25) is 0 Å². The van der Waals surface area contributed by atoms with E-state index in [9.17, 15) is 18.0 Å². The number of hydrogen-bond donors (Lipinski definition) is 2. The van der Waals surface area contributed by atoms with Gasteiger partial charge in [-0.2, -0.15) is 13.2 Å². The van der Waals surface area contributed by atoms with Crippen molar-refractivity contribution in [3.05, 3.63) is 29.6 Å². The number of carbonyl (C=O) groups is 1. The summed E-state index contributed by atoms with van der Waals surface area (Å²) in [5, 5.41) is 2.90. The normalized spacial score (nSPS) is 17.4. The average Bonchev–Trinajstić information content (AvgIpc) is 3.06. The molecule has 2 N–H and O–H groups in total. The Morgan fingerprint density at radius 3 is 2.67 bits per heavy atom. The van der Waals surface area contributed by atoms with E-state index in [0.717, 1.165) is 13.1 Å². The standard InChI is InChI=1S/C18H23F3N4O2/c1-11(2)15(25-5-7-27-8-6-25)10-22-16(26)12-3-4-13-14(9-12)24-17(23-13)18(19,20)21/h3-4,9,11,15H,5-8,10H2,1-2H3,(H,22,26)(H,23,24)/t15-/m1/s1. The van der Waals surface area contributed by atoms with Gasteiger partial charge < -0.3 is 15.0 Å². The lowest BCUT2D eigenvalue weighted by Crippen LogP contribution is -2.51. The summed E-state index contributed by atoms with van der Waals surface area (Å²) in [5.41, 5.74) is 0.653. The first-order valence-electron chi connectivity index (χ1n) is 8.92. The van der Waals surface area contributed by atoms with Crippen molar-refractivity contribution in [1.29, 1.82) is 0 Å². The van der Waals surface area contributed by atoms with Crippen LogP contribution in [0.5, 0.6) is 0 Å². The fourth-order valence-electron chi connectivity index (χ4n) is 3.28. The molecule has 1 fully saturated rings. The summed E-state index contributed by atoms with van der Waals surface area (Å²) in [6.07, 6.45) is -4.55. The third-order valence-electron chi connectivity index (χ3n) is 4.77. The van der Waals surface area contributed by atoms with Crippen LogP contribution in [0.25, 0.3) is 11.0 Å². The third-order valence-corrected chi connectivity index (χ3v) is 4.77. The number of amides is 1. The lowest BCUT2D eigenvalue weighted by Gasteiger charge is -2.36. The highest BCUT2D eigenvalue weighted by molar-refractivity contribution is 5.97. The molecule has 27 heavy (non-hydrogen) atoms. The van der Waals surface area contributed by atoms with Gasteiger partial charge in [0.1, 0.15) is 0 Å². The molecule has 1 saturated heterocycles. The SMILES string of the molecule is CC(C)[C@@H](CNC(=O)c1ccc2nc(C(F)(F)F)[nH]c2c1)N1CCOCC1. The number of hydrogen-bond acceptors (Lipinski definition) is 4. The molecule has 1 aliphatic heterocycles. The Morgan fingerprint density at radius 2 is 2.04 bits per heavy atom. The number of H-pyrrole nitrogens is 1. The van der Waals surface area contributed by atoms with Crippen molar-refractivity contribution < 1.29 is 22.7 Å². The first kappa shape index (κ1) is 19.6. The van der Waals surface area contributed by atoms with Gasteiger partial charge in [-0.15, -0.1) is 0 Å². The topological polar surface area (TPSA) is 70.2 Å². The molecule has 6 nitrogen and oxygen atoms in total. The second-order valence-corrected chi connectivity index (χ2v) is 6.98. The molecule has 3 rings (SSSR count). The zero-order chi connectivity index (χ0) is 19.6. The van der Waals surface area contributed by atoms with Crippen molar-refractivity contribution in [3.8, 4) is 0 Å². The predicted octanol–water partition coefficient (Wildman–Crippen LogP) is 2.67. The maximum absolute atomic E-state index is 12.8. The highest BCUT2D eigenvalue weighted by Crippen LogP contribution is 2.28. The van der Waals surface area contributed by atoms with E-state index in [1.807, 2.05) is 0 Å². The number of alkyl halides is 3. The summed E-state index contributed by atoms with van der Waals surface area (Å²) in [6, 6.07) is 4.47. The number of morpholine rings is 1. The van der Waals surface area contributed by atoms with Crippen molar-refractivity contribution in [2.24, 2.45) is 5.92 Å². The van der Waals surface area contributed by atoms with E-state index in [4.69, 9.17) is 4.74 Å². The first-order valence-corrected chi connectivity index (χ1v) is 8.92. The second kappa shape index (κ2) is 7.85. The van der Waals surface area contributed by atoms with Gasteiger partial charge in [-0.25, -0.2) is 4.98 Å². The maximum Gasteiger partial charge on any atom is 0.449 e. The Kier molecular flexibility index (Phi) is 5.71. The van der Waals surface area contributed by atoms with Gasteiger partial charge >= 0.3 is 6.18 Å². The fraction of sp³-hybridized carbons (Fsp3) is 0.556. The van der Waals surface area contributed by atoms with Gasteiger partial charge in [0.25, 0.3) is 5.91 Å². The van der Waals surface area contributed by atoms with Crippen LogP contribution in [0.1, 0.15) is 30.0 Å². The maximum atomic E-state index is 12.8. The number of nitrogens with zero attached hydrogens (tertiary/aromatic N) is 2. The van der Waals surface area contributed by atoms with Gasteiger partial charge in [0.15, 0.2) is 0 Å². The average molecular weight is 384 g/mol.